The Labute approximate surface area is 194 Å². The van der Waals surface area contributed by atoms with Gasteiger partial charge in [-0.15, -0.1) is 0 Å². The van der Waals surface area contributed by atoms with E-state index >= 15 is 0 Å². The van der Waals surface area contributed by atoms with Gasteiger partial charge in [0.2, 0.25) is 0 Å². The summed E-state index contributed by atoms with van der Waals surface area (Å²) in [6.45, 7) is 2.62. The predicted octanol–water partition coefficient (Wildman–Crippen LogP) is 1.96. The van der Waals surface area contributed by atoms with Crippen molar-refractivity contribution in [1.82, 2.24) is 0 Å². The van der Waals surface area contributed by atoms with Crippen LogP contribution in [0.25, 0.3) is 0 Å². The zero-order valence-corrected chi connectivity index (χ0v) is 20.3. The van der Waals surface area contributed by atoms with Crippen LogP contribution < -0.4 is 34.7 Å². The summed E-state index contributed by atoms with van der Waals surface area (Å²) in [5.41, 5.74) is 0. The molecule has 2 unspecified atom stereocenters. The van der Waals surface area contributed by atoms with Crippen molar-refractivity contribution in [3.8, 4) is 0 Å². The molecule has 0 bridgehead atoms. The molecular weight excluding hydrogens is 363 g/mol. The molecule has 0 aliphatic heterocycles. The number of rotatable bonds is 15. The molecular formula is C23H39NaO4. The van der Waals surface area contributed by atoms with Crippen LogP contribution in [0.1, 0.15) is 103 Å². The zero-order chi connectivity index (χ0) is 19.7. The van der Waals surface area contributed by atoms with Crippen LogP contribution in [-0.4, -0.2) is 18.5 Å². The molecule has 4 nitrogen and oxygen atoms in total. The number of hydrogen-bond acceptors (Lipinski definition) is 4. The maximum Gasteiger partial charge on any atom is 1.00 e. The number of unbranched alkanes of at least 4 members (excludes halogenated alkanes) is 9. The fourth-order valence-electron chi connectivity index (χ4n) is 3.81. The fourth-order valence-corrected chi connectivity index (χ4v) is 3.81. The van der Waals surface area contributed by atoms with E-state index in [2.05, 4.69) is 19.1 Å². The van der Waals surface area contributed by atoms with Crippen molar-refractivity contribution in [3.05, 3.63) is 12.2 Å². The van der Waals surface area contributed by atoms with Gasteiger partial charge < -0.3 is 14.6 Å². The van der Waals surface area contributed by atoms with Gasteiger partial charge in [0.1, 0.15) is 0 Å². The normalized spacial score (nSPS) is 19.3. The number of esters is 1. The minimum Gasteiger partial charge on any atom is -0.550 e. The number of carbonyl (C=O) groups is 2. The Kier molecular flexibility index (Phi) is 18.5. The summed E-state index contributed by atoms with van der Waals surface area (Å²) in [4.78, 5) is 23.2. The molecule has 0 saturated heterocycles. The van der Waals surface area contributed by atoms with E-state index in [9.17, 15) is 14.7 Å². The molecule has 0 aromatic rings. The zero-order valence-electron chi connectivity index (χ0n) is 18.3. The Balaban J connectivity index is 0.00000729. The smallest absolute Gasteiger partial charge is 0.550 e. The monoisotopic (exact) mass is 402 g/mol. The number of ether oxygens (including phenoxy) is 1. The molecule has 2 atom stereocenters. The van der Waals surface area contributed by atoms with E-state index in [0.29, 0.717) is 19.4 Å². The second-order valence-electron chi connectivity index (χ2n) is 7.86. The summed E-state index contributed by atoms with van der Waals surface area (Å²) < 4.78 is 5.30. The molecule has 0 radical (unpaired) electrons. The van der Waals surface area contributed by atoms with Crippen molar-refractivity contribution in [3.63, 3.8) is 0 Å². The van der Waals surface area contributed by atoms with Crippen molar-refractivity contribution in [2.45, 2.75) is 103 Å². The molecule has 28 heavy (non-hydrogen) atoms. The SMILES string of the molecule is CCCCCCCCCC/C=C/CCCOC(=O)C1CCCCC1C(=O)[O-].[Na+]. The summed E-state index contributed by atoms with van der Waals surface area (Å²) >= 11 is 0. The predicted molar refractivity (Wildman–Crippen MR) is 107 cm³/mol. The fraction of sp³-hybridized carbons (Fsp3) is 0.826. The summed E-state index contributed by atoms with van der Waals surface area (Å²) in [7, 11) is 0. The minimum absolute atomic E-state index is 0. The van der Waals surface area contributed by atoms with E-state index in [4.69, 9.17) is 4.74 Å². The van der Waals surface area contributed by atoms with Crippen molar-refractivity contribution in [2.24, 2.45) is 11.8 Å². The van der Waals surface area contributed by atoms with Crippen molar-refractivity contribution in [1.29, 1.82) is 0 Å². The summed E-state index contributed by atoms with van der Waals surface area (Å²) in [6.07, 6.45) is 20.8. The van der Waals surface area contributed by atoms with Crippen molar-refractivity contribution in [2.75, 3.05) is 6.61 Å². The van der Waals surface area contributed by atoms with Gasteiger partial charge >= 0.3 is 35.5 Å². The molecule has 0 heterocycles. The van der Waals surface area contributed by atoms with Crippen LogP contribution in [0.5, 0.6) is 0 Å². The molecule has 0 aromatic carbocycles. The van der Waals surface area contributed by atoms with Gasteiger partial charge in [-0.1, -0.05) is 76.9 Å². The standard InChI is InChI=1S/C23H40O4.Na/c1-2-3-4-5-6-7-8-9-10-11-12-13-16-19-27-23(26)21-18-15-14-17-20(21)22(24)25;/h11-12,20-21H,2-10,13-19H2,1H3,(H,24,25);/q;+1/p-1/b12-11+;. The van der Waals surface area contributed by atoms with E-state index in [0.717, 1.165) is 32.1 Å². The molecule has 156 valence electrons. The van der Waals surface area contributed by atoms with Crippen LogP contribution in [0.3, 0.4) is 0 Å². The number of aliphatic carboxylic acids is 1. The number of carboxylic acid groups (broad SMARTS) is 1. The third kappa shape index (κ3) is 13.0. The van der Waals surface area contributed by atoms with Gasteiger partial charge in [0.25, 0.3) is 0 Å². The minimum atomic E-state index is -1.11. The van der Waals surface area contributed by atoms with Gasteiger partial charge in [-0.05, 0) is 38.5 Å². The second-order valence-corrected chi connectivity index (χ2v) is 7.86. The molecule has 1 aliphatic rings. The van der Waals surface area contributed by atoms with Crippen molar-refractivity contribution >= 4 is 11.9 Å². The topological polar surface area (TPSA) is 66.4 Å². The number of carbonyl (C=O) groups excluding carboxylic acids is 2. The molecule has 1 fully saturated rings. The summed E-state index contributed by atoms with van der Waals surface area (Å²) in [5.74, 6) is -2.65. The first-order valence-corrected chi connectivity index (χ1v) is 11.2. The molecule has 0 amide bonds. The first kappa shape index (κ1) is 27.7. The van der Waals surface area contributed by atoms with Gasteiger partial charge in [0.15, 0.2) is 0 Å². The Hall–Kier alpha value is -0.320. The number of carboxylic acids is 1. The van der Waals surface area contributed by atoms with Gasteiger partial charge in [-0.3, -0.25) is 4.79 Å². The maximum absolute atomic E-state index is 12.1. The molecule has 1 aliphatic carbocycles. The van der Waals surface area contributed by atoms with Gasteiger partial charge in [0.05, 0.1) is 12.5 Å². The van der Waals surface area contributed by atoms with Crippen LogP contribution in [0.15, 0.2) is 12.2 Å². The van der Waals surface area contributed by atoms with Crippen LogP contribution >= 0.6 is 0 Å². The van der Waals surface area contributed by atoms with Gasteiger partial charge in [-0.25, -0.2) is 0 Å². The van der Waals surface area contributed by atoms with E-state index in [1.54, 1.807) is 0 Å². The van der Waals surface area contributed by atoms with Gasteiger partial charge in [-0.2, -0.15) is 0 Å². The largest absolute Gasteiger partial charge is 1.00 e. The molecule has 5 heteroatoms. The van der Waals surface area contributed by atoms with Crippen molar-refractivity contribution < 1.29 is 49.0 Å². The molecule has 1 rings (SSSR count). The number of hydrogen-bond donors (Lipinski definition) is 0. The molecule has 1 saturated carbocycles. The third-order valence-electron chi connectivity index (χ3n) is 5.52. The molecule has 0 N–H and O–H groups in total. The summed E-state index contributed by atoms with van der Waals surface area (Å²) in [6, 6.07) is 0. The second kappa shape index (κ2) is 18.7. The molecule has 0 aromatic heterocycles. The van der Waals surface area contributed by atoms with Gasteiger partial charge in [0, 0.05) is 11.9 Å². The van der Waals surface area contributed by atoms with Crippen LogP contribution in [0.2, 0.25) is 0 Å². The van der Waals surface area contributed by atoms with Crippen LogP contribution in [0, 0.1) is 11.8 Å². The van der Waals surface area contributed by atoms with Crippen LogP contribution in [-0.2, 0) is 14.3 Å². The number of allylic oxidation sites excluding steroid dienone is 2. The Morgan fingerprint density at radius 2 is 1.39 bits per heavy atom. The average Bonchev–Trinajstić information content (AvgIpc) is 2.68. The summed E-state index contributed by atoms with van der Waals surface area (Å²) in [5, 5.41) is 11.1. The maximum atomic E-state index is 12.1. The quantitative estimate of drug-likeness (QED) is 0.182. The molecule has 0 spiro atoms. The van der Waals surface area contributed by atoms with E-state index in [-0.39, 0.29) is 35.5 Å². The van der Waals surface area contributed by atoms with E-state index < -0.39 is 17.8 Å². The Morgan fingerprint density at radius 3 is 2.00 bits per heavy atom. The van der Waals surface area contributed by atoms with E-state index in [1.165, 1.54) is 51.4 Å². The third-order valence-corrected chi connectivity index (χ3v) is 5.52. The van der Waals surface area contributed by atoms with Crippen LogP contribution in [0.4, 0.5) is 0 Å². The first-order chi connectivity index (χ1) is 13.2. The Morgan fingerprint density at radius 1 is 0.857 bits per heavy atom. The first-order valence-electron chi connectivity index (χ1n) is 11.2. The Bertz CT molecular complexity index is 436. The van der Waals surface area contributed by atoms with E-state index in [1.807, 2.05) is 0 Å². The average molecular weight is 403 g/mol.